The average molecular weight is 279 g/mol. The molecule has 2 aromatic carbocycles. The summed E-state index contributed by atoms with van der Waals surface area (Å²) in [5.41, 5.74) is 7.53. The Hall–Kier alpha value is -3.20. The van der Waals surface area contributed by atoms with Gasteiger partial charge in [-0.25, -0.2) is 14.4 Å². The number of hydrogen-bond donors (Lipinski definition) is 2. The Labute approximate surface area is 119 Å². The predicted octanol–water partition coefficient (Wildman–Crippen LogP) is 2.97. The van der Waals surface area contributed by atoms with Gasteiger partial charge in [-0.05, 0) is 36.4 Å². The summed E-state index contributed by atoms with van der Waals surface area (Å²) in [5.74, 6) is -0.0689. The first-order valence-corrected chi connectivity index (χ1v) is 6.14. The number of anilines is 3. The lowest BCUT2D eigenvalue weighted by Gasteiger charge is -2.09. The molecular weight excluding hydrogens is 269 g/mol. The summed E-state index contributed by atoms with van der Waals surface area (Å²) >= 11 is 0. The zero-order valence-corrected chi connectivity index (χ0v) is 10.8. The van der Waals surface area contributed by atoms with Gasteiger partial charge in [0.1, 0.15) is 18.0 Å². The molecule has 0 aliphatic heterocycles. The van der Waals surface area contributed by atoms with Gasteiger partial charge in [0.05, 0.1) is 22.8 Å². The number of nitrogen functional groups attached to an aromatic ring is 1. The van der Waals surface area contributed by atoms with Crippen LogP contribution in [-0.4, -0.2) is 9.97 Å². The van der Waals surface area contributed by atoms with Crippen molar-refractivity contribution in [2.45, 2.75) is 0 Å². The molecule has 0 aliphatic rings. The van der Waals surface area contributed by atoms with E-state index in [9.17, 15) is 4.39 Å². The van der Waals surface area contributed by atoms with E-state index in [1.54, 1.807) is 18.2 Å². The second-order valence-electron chi connectivity index (χ2n) is 4.43. The third kappa shape index (κ3) is 2.44. The van der Waals surface area contributed by atoms with Crippen LogP contribution in [0.3, 0.4) is 0 Å². The van der Waals surface area contributed by atoms with E-state index in [0.29, 0.717) is 22.4 Å². The van der Waals surface area contributed by atoms with Crippen LogP contribution < -0.4 is 11.1 Å². The van der Waals surface area contributed by atoms with Crippen molar-refractivity contribution in [1.29, 1.82) is 5.26 Å². The third-order valence-electron chi connectivity index (χ3n) is 3.01. The van der Waals surface area contributed by atoms with Crippen LogP contribution in [0.2, 0.25) is 0 Å². The summed E-state index contributed by atoms with van der Waals surface area (Å²) in [4.78, 5) is 8.25. The van der Waals surface area contributed by atoms with Crippen LogP contribution in [-0.2, 0) is 0 Å². The number of hydrogen-bond acceptors (Lipinski definition) is 5. The summed E-state index contributed by atoms with van der Waals surface area (Å²) in [5, 5.41) is 12.3. The second kappa shape index (κ2) is 5.06. The van der Waals surface area contributed by atoms with Gasteiger partial charge in [-0.3, -0.25) is 0 Å². The molecule has 1 aromatic heterocycles. The van der Waals surface area contributed by atoms with Crippen molar-refractivity contribution in [1.82, 2.24) is 9.97 Å². The second-order valence-corrected chi connectivity index (χ2v) is 4.43. The molecule has 0 fully saturated rings. The molecule has 0 amide bonds. The van der Waals surface area contributed by atoms with Crippen LogP contribution in [0.15, 0.2) is 42.7 Å². The number of aromatic nitrogens is 2. The number of rotatable bonds is 2. The Morgan fingerprint density at radius 2 is 2.00 bits per heavy atom. The largest absolute Gasteiger partial charge is 0.399 e. The van der Waals surface area contributed by atoms with Gasteiger partial charge in [-0.2, -0.15) is 5.26 Å². The Balaban J connectivity index is 2.06. The summed E-state index contributed by atoms with van der Waals surface area (Å²) in [7, 11) is 0. The number of nitrogens with two attached hydrogens (primary N) is 1. The standard InChI is InChI=1S/C15H10FN5/c16-12-5-9(7-17)1-3-14(12)21-15-11-6-10(18)2-4-13(11)19-8-20-15/h1-6,8H,18H2,(H,19,20,21). The molecule has 0 aliphatic carbocycles. The molecule has 1 heterocycles. The van der Waals surface area contributed by atoms with Crippen LogP contribution in [0.1, 0.15) is 5.56 Å². The molecule has 3 aromatic rings. The highest BCUT2D eigenvalue weighted by molar-refractivity contribution is 5.92. The highest BCUT2D eigenvalue weighted by Crippen LogP contribution is 2.26. The zero-order chi connectivity index (χ0) is 14.8. The van der Waals surface area contributed by atoms with Crippen LogP contribution in [0, 0.1) is 17.1 Å². The smallest absolute Gasteiger partial charge is 0.147 e. The van der Waals surface area contributed by atoms with Crippen molar-refractivity contribution in [2.24, 2.45) is 0 Å². The monoisotopic (exact) mass is 279 g/mol. The van der Waals surface area contributed by atoms with Crippen LogP contribution in [0.4, 0.5) is 21.6 Å². The zero-order valence-electron chi connectivity index (χ0n) is 10.8. The van der Waals surface area contributed by atoms with Crippen molar-refractivity contribution in [3.05, 3.63) is 54.1 Å². The van der Waals surface area contributed by atoms with Crippen LogP contribution in [0.25, 0.3) is 10.9 Å². The summed E-state index contributed by atoms with van der Waals surface area (Å²) in [6, 6.07) is 11.3. The quantitative estimate of drug-likeness (QED) is 0.704. The molecule has 0 bridgehead atoms. The van der Waals surface area contributed by atoms with E-state index in [1.807, 2.05) is 6.07 Å². The fourth-order valence-electron chi connectivity index (χ4n) is 1.99. The first-order valence-electron chi connectivity index (χ1n) is 6.14. The molecule has 6 heteroatoms. The molecule has 0 radical (unpaired) electrons. The molecule has 0 saturated heterocycles. The highest BCUT2D eigenvalue weighted by Gasteiger charge is 2.08. The van der Waals surface area contributed by atoms with Crippen LogP contribution >= 0.6 is 0 Å². The Kier molecular flexibility index (Phi) is 3.09. The maximum Gasteiger partial charge on any atom is 0.147 e. The SMILES string of the molecule is N#Cc1ccc(Nc2ncnc3ccc(N)cc23)c(F)c1. The van der Waals surface area contributed by atoms with Crippen molar-refractivity contribution < 1.29 is 4.39 Å². The molecule has 0 saturated carbocycles. The van der Waals surface area contributed by atoms with Crippen molar-refractivity contribution in [3.8, 4) is 6.07 Å². The number of halogens is 1. The van der Waals surface area contributed by atoms with Gasteiger partial charge in [0, 0.05) is 11.1 Å². The number of nitrogens with one attached hydrogen (secondary N) is 1. The Morgan fingerprint density at radius 1 is 1.14 bits per heavy atom. The molecule has 0 spiro atoms. The lowest BCUT2D eigenvalue weighted by molar-refractivity contribution is 0.631. The van der Waals surface area contributed by atoms with Gasteiger partial charge in [-0.15, -0.1) is 0 Å². The minimum atomic E-state index is -0.523. The Bertz CT molecular complexity index is 870. The van der Waals surface area contributed by atoms with Gasteiger partial charge in [0.25, 0.3) is 0 Å². The first kappa shape index (κ1) is 12.8. The molecule has 5 nitrogen and oxygen atoms in total. The van der Waals surface area contributed by atoms with Crippen molar-refractivity contribution >= 4 is 28.1 Å². The van der Waals surface area contributed by atoms with E-state index in [-0.39, 0.29) is 11.3 Å². The highest BCUT2D eigenvalue weighted by atomic mass is 19.1. The van der Waals surface area contributed by atoms with Gasteiger partial charge < -0.3 is 11.1 Å². The molecule has 21 heavy (non-hydrogen) atoms. The summed E-state index contributed by atoms with van der Waals surface area (Å²) in [6.07, 6.45) is 1.39. The summed E-state index contributed by atoms with van der Waals surface area (Å²) < 4.78 is 13.9. The maximum absolute atomic E-state index is 13.9. The van der Waals surface area contributed by atoms with E-state index in [1.165, 1.54) is 24.5 Å². The topological polar surface area (TPSA) is 87.6 Å². The van der Waals surface area contributed by atoms with E-state index >= 15 is 0 Å². The van der Waals surface area contributed by atoms with E-state index < -0.39 is 5.82 Å². The van der Waals surface area contributed by atoms with Gasteiger partial charge in [-0.1, -0.05) is 0 Å². The molecular formula is C15H10FN5. The fraction of sp³-hybridized carbons (Fsp3) is 0. The third-order valence-corrected chi connectivity index (χ3v) is 3.01. The van der Waals surface area contributed by atoms with E-state index in [0.717, 1.165) is 0 Å². The van der Waals surface area contributed by atoms with Crippen molar-refractivity contribution in [2.75, 3.05) is 11.1 Å². The minimum absolute atomic E-state index is 0.233. The minimum Gasteiger partial charge on any atom is -0.399 e. The molecule has 0 atom stereocenters. The number of benzene rings is 2. The number of nitriles is 1. The van der Waals surface area contributed by atoms with E-state index in [2.05, 4.69) is 15.3 Å². The van der Waals surface area contributed by atoms with Crippen molar-refractivity contribution in [3.63, 3.8) is 0 Å². The molecule has 102 valence electrons. The number of nitrogens with zero attached hydrogens (tertiary/aromatic N) is 3. The summed E-state index contributed by atoms with van der Waals surface area (Å²) in [6.45, 7) is 0. The van der Waals surface area contributed by atoms with E-state index in [4.69, 9.17) is 11.0 Å². The Morgan fingerprint density at radius 3 is 2.76 bits per heavy atom. The van der Waals surface area contributed by atoms with Gasteiger partial charge >= 0.3 is 0 Å². The van der Waals surface area contributed by atoms with Gasteiger partial charge in [0.15, 0.2) is 0 Å². The molecule has 0 unspecified atom stereocenters. The first-order chi connectivity index (χ1) is 10.2. The average Bonchev–Trinajstić information content (AvgIpc) is 2.49. The predicted molar refractivity (Wildman–Crippen MR) is 78.3 cm³/mol. The number of fused-ring (bicyclic) bond motifs is 1. The maximum atomic E-state index is 13.9. The normalized spacial score (nSPS) is 10.3. The fourth-order valence-corrected chi connectivity index (χ4v) is 1.99. The van der Waals surface area contributed by atoms with Gasteiger partial charge in [0.2, 0.25) is 0 Å². The molecule has 3 N–H and O–H groups in total. The lowest BCUT2D eigenvalue weighted by atomic mass is 10.2. The molecule has 3 rings (SSSR count). The van der Waals surface area contributed by atoms with Crippen LogP contribution in [0.5, 0.6) is 0 Å². The lowest BCUT2D eigenvalue weighted by Crippen LogP contribution is -1.99.